The fourth-order valence-corrected chi connectivity index (χ4v) is 5.01. The lowest BCUT2D eigenvalue weighted by Gasteiger charge is -2.31. The Hall–Kier alpha value is -3.52. The van der Waals surface area contributed by atoms with E-state index in [1.54, 1.807) is 17.6 Å². The molecule has 1 saturated heterocycles. The molecule has 0 saturated carbocycles. The third-order valence-corrected chi connectivity index (χ3v) is 7.13. The molecule has 1 N–H and O–H groups in total. The third-order valence-electron chi connectivity index (χ3n) is 5.96. The molecule has 0 spiro atoms. The number of carbonyl (C=O) groups is 1. The van der Waals surface area contributed by atoms with Gasteiger partial charge in [0.1, 0.15) is 0 Å². The summed E-state index contributed by atoms with van der Waals surface area (Å²) in [6, 6.07) is 17.8. The fraction of sp³-hybridized carbons (Fsp3) is 0.280. The van der Waals surface area contributed by atoms with E-state index in [2.05, 4.69) is 25.4 Å². The van der Waals surface area contributed by atoms with E-state index in [-0.39, 0.29) is 11.8 Å². The number of hydrogen-bond donors (Lipinski definition) is 1. The number of thiazole rings is 1. The first-order valence-electron chi connectivity index (χ1n) is 11.1. The quantitative estimate of drug-likeness (QED) is 0.450. The van der Waals surface area contributed by atoms with E-state index in [9.17, 15) is 4.79 Å². The molecule has 3 aromatic heterocycles. The summed E-state index contributed by atoms with van der Waals surface area (Å²) in [4.78, 5) is 20.6. The van der Waals surface area contributed by atoms with Gasteiger partial charge in [0.05, 0.1) is 24.2 Å². The highest BCUT2D eigenvalue weighted by Crippen LogP contribution is 2.28. The highest BCUT2D eigenvalue weighted by atomic mass is 32.1. The third kappa shape index (κ3) is 4.80. The van der Waals surface area contributed by atoms with Crippen molar-refractivity contribution in [2.24, 2.45) is 5.92 Å². The van der Waals surface area contributed by atoms with Crippen LogP contribution in [-0.2, 0) is 11.3 Å². The molecular weight excluding hydrogens is 434 g/mol. The van der Waals surface area contributed by atoms with Crippen LogP contribution in [0.15, 0.2) is 65.3 Å². The minimum Gasteiger partial charge on any atom is -0.462 e. The van der Waals surface area contributed by atoms with Gasteiger partial charge < -0.3 is 14.6 Å². The van der Waals surface area contributed by atoms with E-state index in [1.165, 1.54) is 0 Å². The Labute approximate surface area is 196 Å². The number of benzene rings is 1. The molecule has 1 aliphatic heterocycles. The van der Waals surface area contributed by atoms with E-state index in [1.807, 2.05) is 61.5 Å². The minimum atomic E-state index is 0.00979. The lowest BCUT2D eigenvalue weighted by molar-refractivity contribution is -0.125. The Morgan fingerprint density at radius 1 is 1.09 bits per heavy atom. The number of nitrogens with zero attached hydrogens (tertiary/aromatic N) is 4. The Balaban J connectivity index is 1.13. The fourth-order valence-electron chi connectivity index (χ4n) is 4.04. The normalized spacial score (nSPS) is 14.4. The number of aryl methyl sites for hydroxylation is 1. The molecule has 0 bridgehead atoms. The summed E-state index contributed by atoms with van der Waals surface area (Å²) in [6.07, 6.45) is 3.24. The second kappa shape index (κ2) is 9.54. The van der Waals surface area contributed by atoms with E-state index in [0.29, 0.717) is 6.54 Å². The number of aromatic nitrogens is 3. The van der Waals surface area contributed by atoms with Crippen molar-refractivity contribution < 1.29 is 9.21 Å². The first kappa shape index (κ1) is 21.3. The zero-order chi connectivity index (χ0) is 22.6. The number of amides is 1. The van der Waals surface area contributed by atoms with Gasteiger partial charge in [-0.25, -0.2) is 4.98 Å². The van der Waals surface area contributed by atoms with E-state index in [0.717, 1.165) is 64.3 Å². The topological polar surface area (TPSA) is 84.2 Å². The summed E-state index contributed by atoms with van der Waals surface area (Å²) < 4.78 is 5.43. The van der Waals surface area contributed by atoms with Gasteiger partial charge in [-0.05, 0) is 44.0 Å². The molecule has 168 valence electrons. The van der Waals surface area contributed by atoms with Crippen molar-refractivity contribution in [3.8, 4) is 22.0 Å². The zero-order valence-electron chi connectivity index (χ0n) is 18.4. The maximum atomic E-state index is 12.8. The van der Waals surface area contributed by atoms with Gasteiger partial charge in [0, 0.05) is 29.4 Å². The van der Waals surface area contributed by atoms with Crippen LogP contribution in [0.1, 0.15) is 23.4 Å². The average Bonchev–Trinajstić information content (AvgIpc) is 3.53. The Morgan fingerprint density at radius 2 is 1.91 bits per heavy atom. The van der Waals surface area contributed by atoms with Gasteiger partial charge in [-0.15, -0.1) is 21.5 Å². The summed E-state index contributed by atoms with van der Waals surface area (Å²) in [5, 5.41) is 12.8. The second-order valence-corrected chi connectivity index (χ2v) is 9.21. The van der Waals surface area contributed by atoms with E-state index < -0.39 is 0 Å². The van der Waals surface area contributed by atoms with Crippen molar-refractivity contribution in [1.82, 2.24) is 20.5 Å². The summed E-state index contributed by atoms with van der Waals surface area (Å²) in [5.41, 5.74) is 2.85. The van der Waals surface area contributed by atoms with Crippen molar-refractivity contribution >= 4 is 23.1 Å². The lowest BCUT2D eigenvalue weighted by atomic mass is 9.96. The number of furan rings is 1. The molecule has 4 aromatic rings. The highest BCUT2D eigenvalue weighted by Gasteiger charge is 2.26. The first-order valence-corrected chi connectivity index (χ1v) is 11.9. The van der Waals surface area contributed by atoms with Gasteiger partial charge in [0.15, 0.2) is 16.6 Å². The lowest BCUT2D eigenvalue weighted by Crippen LogP contribution is -2.40. The van der Waals surface area contributed by atoms with Gasteiger partial charge in [-0.2, -0.15) is 0 Å². The van der Waals surface area contributed by atoms with Crippen molar-refractivity contribution in [3.63, 3.8) is 0 Å². The van der Waals surface area contributed by atoms with Crippen LogP contribution in [0.3, 0.4) is 0 Å². The van der Waals surface area contributed by atoms with Gasteiger partial charge in [-0.1, -0.05) is 30.3 Å². The molecule has 1 amide bonds. The molecule has 0 atom stereocenters. The number of nitrogens with one attached hydrogen (secondary N) is 1. The standard InChI is InChI=1S/C25H25N5O2S/c1-17-22(33-25(27-17)21-8-5-15-32-21)16-26-24(31)19-11-13-30(14-12-19)23-10-9-20(28-29-23)18-6-3-2-4-7-18/h2-10,15,19H,11-14,16H2,1H3,(H,26,31). The van der Waals surface area contributed by atoms with Gasteiger partial charge in [0.25, 0.3) is 0 Å². The number of anilines is 1. The summed E-state index contributed by atoms with van der Waals surface area (Å²) in [7, 11) is 0. The van der Waals surface area contributed by atoms with Crippen molar-refractivity contribution in [2.45, 2.75) is 26.3 Å². The largest absolute Gasteiger partial charge is 0.462 e. The predicted octanol–water partition coefficient (Wildman–Crippen LogP) is 4.70. The molecule has 1 aromatic carbocycles. The number of rotatable bonds is 6. The molecule has 8 heteroatoms. The molecule has 7 nitrogen and oxygen atoms in total. The van der Waals surface area contributed by atoms with E-state index in [4.69, 9.17) is 4.42 Å². The molecule has 5 rings (SSSR count). The van der Waals surface area contributed by atoms with Gasteiger partial charge >= 0.3 is 0 Å². The van der Waals surface area contributed by atoms with Crippen LogP contribution in [0.5, 0.6) is 0 Å². The van der Waals surface area contributed by atoms with Gasteiger partial charge in [0.2, 0.25) is 5.91 Å². The molecule has 1 fully saturated rings. The predicted molar refractivity (Wildman–Crippen MR) is 129 cm³/mol. The summed E-state index contributed by atoms with van der Waals surface area (Å²) >= 11 is 1.56. The molecule has 0 radical (unpaired) electrons. The maximum Gasteiger partial charge on any atom is 0.223 e. The minimum absolute atomic E-state index is 0.00979. The van der Waals surface area contributed by atoms with Crippen LogP contribution in [0.25, 0.3) is 22.0 Å². The van der Waals surface area contributed by atoms with Crippen LogP contribution < -0.4 is 10.2 Å². The van der Waals surface area contributed by atoms with E-state index >= 15 is 0 Å². The van der Waals surface area contributed by atoms with Crippen LogP contribution in [0.4, 0.5) is 5.82 Å². The van der Waals surface area contributed by atoms with Crippen LogP contribution in [0, 0.1) is 12.8 Å². The number of piperidine rings is 1. The molecule has 0 aliphatic carbocycles. The molecule has 0 unspecified atom stereocenters. The molecular formula is C25H25N5O2S. The zero-order valence-corrected chi connectivity index (χ0v) is 19.2. The molecule has 4 heterocycles. The summed E-state index contributed by atoms with van der Waals surface area (Å²) in [6.45, 7) is 4.04. The Kier molecular flexibility index (Phi) is 6.17. The SMILES string of the molecule is Cc1nc(-c2ccco2)sc1CNC(=O)C1CCN(c2ccc(-c3ccccc3)nn2)CC1. The van der Waals surface area contributed by atoms with Crippen LogP contribution in [0.2, 0.25) is 0 Å². The average molecular weight is 460 g/mol. The second-order valence-electron chi connectivity index (χ2n) is 8.13. The highest BCUT2D eigenvalue weighted by molar-refractivity contribution is 7.15. The Bertz CT molecular complexity index is 1200. The monoisotopic (exact) mass is 459 g/mol. The molecule has 1 aliphatic rings. The smallest absolute Gasteiger partial charge is 0.223 e. The van der Waals surface area contributed by atoms with Crippen LogP contribution >= 0.6 is 11.3 Å². The Morgan fingerprint density at radius 3 is 2.61 bits per heavy atom. The molecule has 33 heavy (non-hydrogen) atoms. The van der Waals surface area contributed by atoms with Crippen LogP contribution in [-0.4, -0.2) is 34.2 Å². The van der Waals surface area contributed by atoms with Crippen molar-refractivity contribution in [2.75, 3.05) is 18.0 Å². The number of carbonyl (C=O) groups excluding carboxylic acids is 1. The number of hydrogen-bond acceptors (Lipinski definition) is 7. The first-order chi connectivity index (χ1) is 16.2. The summed E-state index contributed by atoms with van der Waals surface area (Å²) in [5.74, 6) is 1.73. The van der Waals surface area contributed by atoms with Crippen molar-refractivity contribution in [1.29, 1.82) is 0 Å². The van der Waals surface area contributed by atoms with Gasteiger partial charge in [-0.3, -0.25) is 4.79 Å². The maximum absolute atomic E-state index is 12.8. The van der Waals surface area contributed by atoms with Crippen molar-refractivity contribution in [3.05, 3.63) is 71.4 Å².